The molecular formula is C22H16O6. The zero-order valence-corrected chi connectivity index (χ0v) is 15.5. The molecule has 1 aromatic heterocycles. The third kappa shape index (κ3) is 2.62. The highest BCUT2D eigenvalue weighted by molar-refractivity contribution is 6.26. The zero-order chi connectivity index (χ0) is 20.0. The molecule has 0 atom stereocenters. The van der Waals surface area contributed by atoms with E-state index in [1.807, 2.05) is 6.92 Å². The number of ketones is 2. The van der Waals surface area contributed by atoms with Gasteiger partial charge in [-0.3, -0.25) is 9.59 Å². The predicted molar refractivity (Wildman–Crippen MR) is 103 cm³/mol. The molecule has 0 N–H and O–H groups in total. The lowest BCUT2D eigenvalue weighted by atomic mass is 9.84. The minimum absolute atomic E-state index is 0.0386. The van der Waals surface area contributed by atoms with Crippen LogP contribution in [0.5, 0.6) is 5.75 Å². The number of aryl methyl sites for hydroxylation is 1. The molecule has 1 heterocycles. The number of hydrogen-bond acceptors (Lipinski definition) is 6. The van der Waals surface area contributed by atoms with Crippen LogP contribution in [0.2, 0.25) is 0 Å². The number of fused-ring (bicyclic) bond motifs is 2. The van der Waals surface area contributed by atoms with Gasteiger partial charge in [-0.25, -0.2) is 4.79 Å². The van der Waals surface area contributed by atoms with Crippen LogP contribution >= 0.6 is 0 Å². The molecule has 1 aliphatic rings. The minimum Gasteiger partial charge on any atom is -0.496 e. The van der Waals surface area contributed by atoms with E-state index < -0.39 is 11.4 Å². The van der Waals surface area contributed by atoms with Gasteiger partial charge >= 0.3 is 5.63 Å². The summed E-state index contributed by atoms with van der Waals surface area (Å²) < 4.78 is 16.0. The van der Waals surface area contributed by atoms with Gasteiger partial charge in [0.25, 0.3) is 0 Å². The summed E-state index contributed by atoms with van der Waals surface area (Å²) in [6, 6.07) is 9.89. The smallest absolute Gasteiger partial charge is 0.336 e. The molecule has 140 valence electrons. The maximum absolute atomic E-state index is 13.0. The van der Waals surface area contributed by atoms with E-state index in [1.165, 1.54) is 26.4 Å². The van der Waals surface area contributed by atoms with E-state index in [-0.39, 0.29) is 28.3 Å². The summed E-state index contributed by atoms with van der Waals surface area (Å²) >= 11 is 0. The molecule has 0 fully saturated rings. The van der Waals surface area contributed by atoms with Gasteiger partial charge in [0.15, 0.2) is 11.5 Å². The van der Waals surface area contributed by atoms with Crippen molar-refractivity contribution in [3.05, 3.63) is 75.3 Å². The number of carbonyl (C=O) groups excluding carboxylic acids is 2. The lowest BCUT2D eigenvalue weighted by Gasteiger charge is -2.20. The molecule has 4 rings (SSSR count). The number of allylic oxidation sites excluding steroid dienone is 2. The average Bonchev–Trinajstić information content (AvgIpc) is 2.68. The summed E-state index contributed by atoms with van der Waals surface area (Å²) in [6.45, 7) is 1.82. The Bertz CT molecular complexity index is 1250. The molecule has 0 unspecified atom stereocenters. The Hall–Kier alpha value is -3.67. The Morgan fingerprint density at radius 3 is 2.29 bits per heavy atom. The molecule has 6 heteroatoms. The number of ether oxygens (including phenoxy) is 2. The standard InChI is InChI=1S/C22H16O6/c1-11-8-13-15(23)10-17(27-3)21(25)19(13)14(9-11)20-16(26-2)6-4-12-5-7-18(24)28-22(12)20/h4-10H,1-3H3. The van der Waals surface area contributed by atoms with Gasteiger partial charge < -0.3 is 13.9 Å². The van der Waals surface area contributed by atoms with Crippen LogP contribution in [0.3, 0.4) is 0 Å². The zero-order valence-electron chi connectivity index (χ0n) is 15.5. The van der Waals surface area contributed by atoms with Gasteiger partial charge in [0.2, 0.25) is 5.78 Å². The van der Waals surface area contributed by atoms with Crippen LogP contribution in [0.15, 0.2) is 57.4 Å². The lowest BCUT2D eigenvalue weighted by molar-refractivity contribution is 0.0917. The summed E-state index contributed by atoms with van der Waals surface area (Å²) in [5, 5.41) is 0.669. The summed E-state index contributed by atoms with van der Waals surface area (Å²) in [5.74, 6) is -0.354. The maximum Gasteiger partial charge on any atom is 0.336 e. The van der Waals surface area contributed by atoms with Crippen molar-refractivity contribution < 1.29 is 23.5 Å². The summed E-state index contributed by atoms with van der Waals surface area (Å²) in [5.41, 5.74) is 1.91. The van der Waals surface area contributed by atoms with Crippen molar-refractivity contribution in [2.75, 3.05) is 14.2 Å². The molecule has 0 radical (unpaired) electrons. The largest absolute Gasteiger partial charge is 0.496 e. The summed E-state index contributed by atoms with van der Waals surface area (Å²) in [7, 11) is 2.83. The van der Waals surface area contributed by atoms with Crippen molar-refractivity contribution in [2.45, 2.75) is 6.92 Å². The Morgan fingerprint density at radius 2 is 1.57 bits per heavy atom. The highest BCUT2D eigenvalue weighted by Gasteiger charge is 2.31. The minimum atomic E-state index is -0.525. The van der Waals surface area contributed by atoms with E-state index in [9.17, 15) is 14.4 Å². The van der Waals surface area contributed by atoms with Crippen molar-refractivity contribution >= 4 is 22.5 Å². The number of rotatable bonds is 3. The van der Waals surface area contributed by atoms with E-state index in [0.717, 1.165) is 5.56 Å². The highest BCUT2D eigenvalue weighted by Crippen LogP contribution is 2.41. The van der Waals surface area contributed by atoms with E-state index >= 15 is 0 Å². The fourth-order valence-corrected chi connectivity index (χ4v) is 3.50. The maximum atomic E-state index is 13.0. The van der Waals surface area contributed by atoms with Crippen LogP contribution in [0.1, 0.15) is 26.3 Å². The van der Waals surface area contributed by atoms with Gasteiger partial charge in [-0.15, -0.1) is 0 Å². The average molecular weight is 376 g/mol. The highest BCUT2D eigenvalue weighted by atomic mass is 16.5. The van der Waals surface area contributed by atoms with Crippen LogP contribution in [0, 0.1) is 6.92 Å². The first-order valence-corrected chi connectivity index (χ1v) is 8.55. The first-order chi connectivity index (χ1) is 13.4. The van der Waals surface area contributed by atoms with Crippen molar-refractivity contribution in [3.8, 4) is 16.9 Å². The normalized spacial score (nSPS) is 13.3. The molecular weight excluding hydrogens is 360 g/mol. The molecule has 0 amide bonds. The Balaban J connectivity index is 2.16. The van der Waals surface area contributed by atoms with E-state index in [0.29, 0.717) is 22.3 Å². The number of methoxy groups -OCH3 is 2. The number of carbonyl (C=O) groups is 2. The fraction of sp³-hybridized carbons (Fsp3) is 0.136. The predicted octanol–water partition coefficient (Wildman–Crippen LogP) is 3.69. The first kappa shape index (κ1) is 17.7. The van der Waals surface area contributed by atoms with Gasteiger partial charge in [0, 0.05) is 34.2 Å². The molecule has 0 saturated carbocycles. The first-order valence-electron chi connectivity index (χ1n) is 8.55. The molecule has 0 bridgehead atoms. The van der Waals surface area contributed by atoms with Gasteiger partial charge in [-0.1, -0.05) is 6.07 Å². The number of Topliss-reactive ketones (excluding diaryl/α,β-unsaturated/α-hetero) is 1. The van der Waals surface area contributed by atoms with Gasteiger partial charge in [0.1, 0.15) is 11.3 Å². The lowest BCUT2D eigenvalue weighted by Crippen LogP contribution is -2.19. The van der Waals surface area contributed by atoms with Crippen LogP contribution < -0.4 is 10.4 Å². The second-order valence-electron chi connectivity index (χ2n) is 6.46. The van der Waals surface area contributed by atoms with Crippen LogP contribution in [0.4, 0.5) is 0 Å². The fourth-order valence-electron chi connectivity index (χ4n) is 3.50. The Labute approximate surface area is 160 Å². The summed E-state index contributed by atoms with van der Waals surface area (Å²) in [4.78, 5) is 37.5. The number of benzene rings is 2. The molecule has 2 aromatic carbocycles. The third-order valence-electron chi connectivity index (χ3n) is 4.72. The van der Waals surface area contributed by atoms with Crippen LogP contribution in [-0.4, -0.2) is 25.8 Å². The Morgan fingerprint density at radius 1 is 0.857 bits per heavy atom. The van der Waals surface area contributed by atoms with E-state index in [2.05, 4.69) is 0 Å². The molecule has 6 nitrogen and oxygen atoms in total. The van der Waals surface area contributed by atoms with E-state index in [1.54, 1.807) is 30.3 Å². The van der Waals surface area contributed by atoms with Crippen LogP contribution in [-0.2, 0) is 4.74 Å². The van der Waals surface area contributed by atoms with Gasteiger partial charge in [-0.2, -0.15) is 0 Å². The van der Waals surface area contributed by atoms with Crippen molar-refractivity contribution in [1.29, 1.82) is 0 Å². The molecule has 0 saturated heterocycles. The monoisotopic (exact) mass is 376 g/mol. The molecule has 0 spiro atoms. The quantitative estimate of drug-likeness (QED) is 0.649. The number of hydrogen-bond donors (Lipinski definition) is 0. The van der Waals surface area contributed by atoms with Crippen molar-refractivity contribution in [2.24, 2.45) is 0 Å². The molecule has 1 aliphatic carbocycles. The summed E-state index contributed by atoms with van der Waals surface area (Å²) in [6.07, 6.45) is 1.19. The van der Waals surface area contributed by atoms with Crippen molar-refractivity contribution in [3.63, 3.8) is 0 Å². The third-order valence-corrected chi connectivity index (χ3v) is 4.72. The second kappa shape index (κ2) is 6.49. The topological polar surface area (TPSA) is 82.8 Å². The molecule has 0 aliphatic heterocycles. The second-order valence-corrected chi connectivity index (χ2v) is 6.46. The van der Waals surface area contributed by atoms with Gasteiger partial charge in [0.05, 0.1) is 19.8 Å². The van der Waals surface area contributed by atoms with E-state index in [4.69, 9.17) is 13.9 Å². The van der Waals surface area contributed by atoms with Gasteiger partial charge in [-0.05, 0) is 36.8 Å². The SMILES string of the molecule is COC1=CC(=O)c2cc(C)cc(-c3c(OC)ccc4ccc(=O)oc34)c2C1=O. The molecule has 28 heavy (non-hydrogen) atoms. The van der Waals surface area contributed by atoms with Crippen molar-refractivity contribution in [1.82, 2.24) is 0 Å². The Kier molecular flexibility index (Phi) is 4.11. The van der Waals surface area contributed by atoms with Crippen LogP contribution in [0.25, 0.3) is 22.1 Å². The molecule has 3 aromatic rings.